The fraction of sp³-hybridized carbons (Fsp3) is 1.00. The summed E-state index contributed by atoms with van der Waals surface area (Å²) in [7, 11) is 0. The van der Waals surface area contributed by atoms with Crippen molar-refractivity contribution in [1.82, 2.24) is 0 Å². The van der Waals surface area contributed by atoms with Crippen molar-refractivity contribution in [2.24, 2.45) is 5.92 Å². The quantitative estimate of drug-likeness (QED) is 0.451. The molecule has 1 saturated carbocycles. The third-order valence-electron chi connectivity index (χ3n) is 3.05. The maximum atomic E-state index is 9.78. The molecule has 1 nitrogen and oxygen atoms in total. The Morgan fingerprint density at radius 2 is 2.00 bits per heavy atom. The molecular weight excluding hydrogens is 275 g/mol. The SMILES string of the molecule is CCCCCCC1CC(O)(CI)C1. The van der Waals surface area contributed by atoms with Gasteiger partial charge in [-0.05, 0) is 18.8 Å². The van der Waals surface area contributed by atoms with Gasteiger partial charge in [-0.15, -0.1) is 0 Å². The van der Waals surface area contributed by atoms with Crippen LogP contribution in [0, 0.1) is 5.92 Å². The lowest BCUT2D eigenvalue weighted by molar-refractivity contribution is -0.0531. The van der Waals surface area contributed by atoms with Gasteiger partial charge in [-0.25, -0.2) is 0 Å². The highest BCUT2D eigenvalue weighted by molar-refractivity contribution is 14.1. The molecule has 0 spiro atoms. The molecule has 1 aliphatic rings. The zero-order valence-corrected chi connectivity index (χ0v) is 10.7. The van der Waals surface area contributed by atoms with Crippen LogP contribution in [-0.4, -0.2) is 15.1 Å². The molecular formula is C11H21IO. The molecule has 1 rings (SSSR count). The Labute approximate surface area is 95.4 Å². The van der Waals surface area contributed by atoms with Gasteiger partial charge < -0.3 is 5.11 Å². The van der Waals surface area contributed by atoms with Crippen LogP contribution in [0.25, 0.3) is 0 Å². The van der Waals surface area contributed by atoms with Crippen molar-refractivity contribution in [3.8, 4) is 0 Å². The second kappa shape index (κ2) is 5.54. The Hall–Kier alpha value is 0.690. The van der Waals surface area contributed by atoms with Crippen molar-refractivity contribution >= 4 is 22.6 Å². The fourth-order valence-corrected chi connectivity index (χ4v) is 2.81. The Morgan fingerprint density at radius 3 is 2.54 bits per heavy atom. The summed E-state index contributed by atoms with van der Waals surface area (Å²) in [4.78, 5) is 0. The largest absolute Gasteiger partial charge is 0.389 e. The summed E-state index contributed by atoms with van der Waals surface area (Å²) in [5.74, 6) is 0.830. The summed E-state index contributed by atoms with van der Waals surface area (Å²) in [6, 6.07) is 0. The predicted octanol–water partition coefficient (Wildman–Crippen LogP) is 3.53. The Kier molecular flexibility index (Phi) is 5.01. The smallest absolute Gasteiger partial charge is 0.0742 e. The summed E-state index contributed by atoms with van der Waals surface area (Å²) in [6.45, 7) is 2.25. The zero-order chi connectivity index (χ0) is 9.73. The summed E-state index contributed by atoms with van der Waals surface area (Å²) < 4.78 is 0.913. The van der Waals surface area contributed by atoms with Gasteiger partial charge in [-0.3, -0.25) is 0 Å². The van der Waals surface area contributed by atoms with E-state index in [0.29, 0.717) is 0 Å². The summed E-state index contributed by atoms with van der Waals surface area (Å²) in [5, 5.41) is 9.78. The molecule has 0 aliphatic heterocycles. The number of unbranched alkanes of at least 4 members (excludes halogenated alkanes) is 3. The van der Waals surface area contributed by atoms with Gasteiger partial charge in [0.25, 0.3) is 0 Å². The first-order valence-corrected chi connectivity index (χ1v) is 7.01. The molecule has 0 unspecified atom stereocenters. The molecule has 2 heteroatoms. The fourth-order valence-electron chi connectivity index (χ4n) is 2.19. The van der Waals surface area contributed by atoms with Gasteiger partial charge >= 0.3 is 0 Å². The number of alkyl halides is 1. The lowest BCUT2D eigenvalue weighted by atomic mass is 9.70. The van der Waals surface area contributed by atoms with Crippen LogP contribution in [0.5, 0.6) is 0 Å². The van der Waals surface area contributed by atoms with E-state index >= 15 is 0 Å². The molecule has 0 aromatic heterocycles. The first kappa shape index (κ1) is 11.8. The first-order valence-electron chi connectivity index (χ1n) is 5.48. The molecule has 0 bridgehead atoms. The van der Waals surface area contributed by atoms with Crippen molar-refractivity contribution in [3.63, 3.8) is 0 Å². The third kappa shape index (κ3) is 3.74. The molecule has 0 heterocycles. The van der Waals surface area contributed by atoms with E-state index in [1.807, 2.05) is 0 Å². The van der Waals surface area contributed by atoms with Crippen LogP contribution >= 0.6 is 22.6 Å². The van der Waals surface area contributed by atoms with Crippen LogP contribution in [0.4, 0.5) is 0 Å². The maximum Gasteiger partial charge on any atom is 0.0742 e. The van der Waals surface area contributed by atoms with Crippen molar-refractivity contribution in [1.29, 1.82) is 0 Å². The van der Waals surface area contributed by atoms with Crippen LogP contribution in [0.15, 0.2) is 0 Å². The molecule has 0 aromatic rings. The van der Waals surface area contributed by atoms with Gasteiger partial charge in [0.2, 0.25) is 0 Å². The lowest BCUT2D eigenvalue weighted by Crippen LogP contribution is -2.45. The minimum atomic E-state index is -0.282. The summed E-state index contributed by atoms with van der Waals surface area (Å²) in [5.41, 5.74) is -0.282. The average Bonchev–Trinajstić information content (AvgIpc) is 2.08. The first-order chi connectivity index (χ1) is 6.20. The standard InChI is InChI=1S/C11H21IO/c1-2-3-4-5-6-10-7-11(13,8-10)9-12/h10,13H,2-9H2,1H3. The Balaban J connectivity index is 1.96. The van der Waals surface area contributed by atoms with Gasteiger partial charge in [0.05, 0.1) is 5.60 Å². The van der Waals surface area contributed by atoms with E-state index in [1.54, 1.807) is 0 Å². The third-order valence-corrected chi connectivity index (χ3v) is 4.47. The van der Waals surface area contributed by atoms with E-state index in [9.17, 15) is 5.11 Å². The summed E-state index contributed by atoms with van der Waals surface area (Å²) >= 11 is 2.29. The normalized spacial score (nSPS) is 33.0. The van der Waals surface area contributed by atoms with Crippen molar-refractivity contribution in [3.05, 3.63) is 0 Å². The Bertz CT molecular complexity index is 141. The van der Waals surface area contributed by atoms with Crippen LogP contribution < -0.4 is 0 Å². The van der Waals surface area contributed by atoms with Crippen molar-refractivity contribution < 1.29 is 5.11 Å². The predicted molar refractivity (Wildman–Crippen MR) is 65.3 cm³/mol. The molecule has 1 N–H and O–H groups in total. The van der Waals surface area contributed by atoms with Gasteiger partial charge in [-0.2, -0.15) is 0 Å². The number of hydrogen-bond acceptors (Lipinski definition) is 1. The maximum absolute atomic E-state index is 9.78. The molecule has 1 aliphatic carbocycles. The summed E-state index contributed by atoms with van der Waals surface area (Å²) in [6.07, 6.45) is 8.92. The molecule has 0 aromatic carbocycles. The second-order valence-electron chi connectivity index (χ2n) is 4.48. The highest BCUT2D eigenvalue weighted by Gasteiger charge is 2.40. The van der Waals surface area contributed by atoms with E-state index < -0.39 is 0 Å². The van der Waals surface area contributed by atoms with Crippen molar-refractivity contribution in [2.45, 2.75) is 57.5 Å². The van der Waals surface area contributed by atoms with Crippen LogP contribution in [0.2, 0.25) is 0 Å². The lowest BCUT2D eigenvalue weighted by Gasteiger charge is -2.42. The number of halogens is 1. The molecule has 0 radical (unpaired) electrons. The number of aliphatic hydroxyl groups is 1. The molecule has 78 valence electrons. The monoisotopic (exact) mass is 296 g/mol. The van der Waals surface area contributed by atoms with Crippen LogP contribution in [0.1, 0.15) is 51.9 Å². The van der Waals surface area contributed by atoms with Gasteiger partial charge in [0.15, 0.2) is 0 Å². The van der Waals surface area contributed by atoms with E-state index in [-0.39, 0.29) is 5.60 Å². The van der Waals surface area contributed by atoms with Crippen molar-refractivity contribution in [2.75, 3.05) is 4.43 Å². The Morgan fingerprint density at radius 1 is 1.31 bits per heavy atom. The highest BCUT2D eigenvalue weighted by atomic mass is 127. The van der Waals surface area contributed by atoms with Crippen LogP contribution in [-0.2, 0) is 0 Å². The van der Waals surface area contributed by atoms with E-state index in [0.717, 1.165) is 23.2 Å². The molecule has 0 atom stereocenters. The molecule has 0 amide bonds. The number of hydrogen-bond donors (Lipinski definition) is 1. The topological polar surface area (TPSA) is 20.2 Å². The number of rotatable bonds is 6. The van der Waals surface area contributed by atoms with E-state index in [1.165, 1.54) is 32.1 Å². The molecule has 1 fully saturated rings. The van der Waals surface area contributed by atoms with Gasteiger partial charge in [-0.1, -0.05) is 61.6 Å². The molecule has 0 saturated heterocycles. The van der Waals surface area contributed by atoms with Crippen LogP contribution in [0.3, 0.4) is 0 Å². The average molecular weight is 296 g/mol. The minimum Gasteiger partial charge on any atom is -0.389 e. The highest BCUT2D eigenvalue weighted by Crippen LogP contribution is 2.41. The van der Waals surface area contributed by atoms with E-state index in [4.69, 9.17) is 0 Å². The minimum absolute atomic E-state index is 0.282. The van der Waals surface area contributed by atoms with E-state index in [2.05, 4.69) is 29.5 Å². The second-order valence-corrected chi connectivity index (χ2v) is 5.24. The van der Waals surface area contributed by atoms with Gasteiger partial charge in [0.1, 0.15) is 0 Å². The van der Waals surface area contributed by atoms with Gasteiger partial charge in [0, 0.05) is 4.43 Å². The zero-order valence-electron chi connectivity index (χ0n) is 8.56. The molecule has 13 heavy (non-hydrogen) atoms.